The van der Waals surface area contributed by atoms with Gasteiger partial charge in [0.15, 0.2) is 0 Å². The molecule has 1 aliphatic rings. The van der Waals surface area contributed by atoms with E-state index in [1.807, 2.05) is 18.5 Å². The number of aromatic amines is 1. The van der Waals surface area contributed by atoms with Crippen LogP contribution in [0.5, 0.6) is 0 Å². The Morgan fingerprint density at radius 2 is 1.94 bits per heavy atom. The number of piperazine rings is 1. The average Bonchev–Trinajstić information content (AvgIpc) is 2.82. The molecular weight excluding hydrogens is 224 g/mol. The van der Waals surface area contributed by atoms with E-state index in [4.69, 9.17) is 0 Å². The van der Waals surface area contributed by atoms with Crippen molar-refractivity contribution in [2.75, 3.05) is 33.2 Å². The number of H-pyrrole nitrogens is 1. The van der Waals surface area contributed by atoms with E-state index in [1.165, 1.54) is 5.39 Å². The first-order valence-electron chi connectivity index (χ1n) is 6.36. The molecule has 0 atom stereocenters. The summed E-state index contributed by atoms with van der Waals surface area (Å²) >= 11 is 0. The maximum Gasteiger partial charge on any atom is 0.0564 e. The van der Waals surface area contributed by atoms with Gasteiger partial charge in [-0.3, -0.25) is 5.01 Å². The van der Waals surface area contributed by atoms with Gasteiger partial charge in [0.05, 0.1) is 6.21 Å². The molecule has 2 aromatic rings. The standard InChI is InChI=1S/C14H18N4/c1-17-6-8-18(9-7-17)16-11-12-10-15-14-5-3-2-4-13(12)14/h2-5,10-11,15H,6-9H2,1H3/b16-11-. The first-order chi connectivity index (χ1) is 8.83. The van der Waals surface area contributed by atoms with Crippen LogP contribution in [-0.2, 0) is 0 Å². The summed E-state index contributed by atoms with van der Waals surface area (Å²) < 4.78 is 0. The van der Waals surface area contributed by atoms with Crippen LogP contribution in [0.3, 0.4) is 0 Å². The van der Waals surface area contributed by atoms with Crippen LogP contribution in [0.15, 0.2) is 35.6 Å². The number of para-hydroxylation sites is 1. The van der Waals surface area contributed by atoms with Crippen molar-refractivity contribution in [1.82, 2.24) is 14.9 Å². The van der Waals surface area contributed by atoms with Crippen LogP contribution in [0, 0.1) is 0 Å². The zero-order valence-corrected chi connectivity index (χ0v) is 10.6. The van der Waals surface area contributed by atoms with Crippen molar-refractivity contribution in [3.8, 4) is 0 Å². The molecule has 0 amide bonds. The number of rotatable bonds is 2. The first kappa shape index (κ1) is 11.3. The topological polar surface area (TPSA) is 34.6 Å². The Kier molecular flexibility index (Phi) is 3.02. The van der Waals surface area contributed by atoms with Gasteiger partial charge in [0.25, 0.3) is 0 Å². The van der Waals surface area contributed by atoms with Gasteiger partial charge in [-0.05, 0) is 13.1 Å². The second-order valence-corrected chi connectivity index (χ2v) is 4.79. The maximum atomic E-state index is 4.57. The summed E-state index contributed by atoms with van der Waals surface area (Å²) in [6.45, 7) is 4.20. The zero-order chi connectivity index (χ0) is 12.4. The SMILES string of the molecule is CN1CCN(/N=C\c2c[nH]c3ccccc23)CC1. The minimum atomic E-state index is 1.01. The Balaban J connectivity index is 1.76. The van der Waals surface area contributed by atoms with E-state index in [0.717, 1.165) is 37.3 Å². The summed E-state index contributed by atoms with van der Waals surface area (Å²) in [5, 5.41) is 7.94. The number of nitrogens with zero attached hydrogens (tertiary/aromatic N) is 3. The predicted molar refractivity (Wildman–Crippen MR) is 75.0 cm³/mol. The van der Waals surface area contributed by atoms with E-state index in [2.05, 4.69) is 45.2 Å². The van der Waals surface area contributed by atoms with Gasteiger partial charge < -0.3 is 9.88 Å². The summed E-state index contributed by atoms with van der Waals surface area (Å²) in [6, 6.07) is 8.31. The molecule has 94 valence electrons. The molecule has 0 radical (unpaired) electrons. The van der Waals surface area contributed by atoms with Gasteiger partial charge in [-0.15, -0.1) is 0 Å². The summed E-state index contributed by atoms with van der Waals surface area (Å²) in [5.41, 5.74) is 2.32. The zero-order valence-electron chi connectivity index (χ0n) is 10.6. The molecule has 0 spiro atoms. The Morgan fingerprint density at radius 1 is 1.17 bits per heavy atom. The van der Waals surface area contributed by atoms with E-state index in [-0.39, 0.29) is 0 Å². The number of likely N-dealkylation sites (N-methyl/N-ethyl adjacent to an activating group) is 1. The Labute approximate surface area is 107 Å². The molecule has 1 aromatic carbocycles. The summed E-state index contributed by atoms with van der Waals surface area (Å²) in [6.07, 6.45) is 3.98. The smallest absolute Gasteiger partial charge is 0.0564 e. The van der Waals surface area contributed by atoms with Crippen LogP contribution in [0.2, 0.25) is 0 Å². The minimum absolute atomic E-state index is 1.01. The predicted octanol–water partition coefficient (Wildman–Crippen LogP) is 1.75. The monoisotopic (exact) mass is 242 g/mol. The lowest BCUT2D eigenvalue weighted by atomic mass is 10.2. The number of hydrogen-bond acceptors (Lipinski definition) is 3. The molecule has 0 bridgehead atoms. The number of fused-ring (bicyclic) bond motifs is 1. The second kappa shape index (κ2) is 4.82. The van der Waals surface area contributed by atoms with Gasteiger partial charge in [0, 0.05) is 48.8 Å². The second-order valence-electron chi connectivity index (χ2n) is 4.79. The molecule has 0 aliphatic carbocycles. The minimum Gasteiger partial charge on any atom is -0.361 e. The molecule has 18 heavy (non-hydrogen) atoms. The van der Waals surface area contributed by atoms with Crippen molar-refractivity contribution in [2.24, 2.45) is 5.10 Å². The lowest BCUT2D eigenvalue weighted by Crippen LogP contribution is -2.41. The molecule has 1 aromatic heterocycles. The molecule has 4 heteroatoms. The Morgan fingerprint density at radius 3 is 2.78 bits per heavy atom. The molecule has 2 heterocycles. The van der Waals surface area contributed by atoms with Crippen LogP contribution in [0.4, 0.5) is 0 Å². The maximum absolute atomic E-state index is 4.57. The molecular formula is C14H18N4. The van der Waals surface area contributed by atoms with Crippen molar-refractivity contribution in [2.45, 2.75) is 0 Å². The van der Waals surface area contributed by atoms with Gasteiger partial charge in [0.1, 0.15) is 0 Å². The fourth-order valence-corrected chi connectivity index (χ4v) is 2.26. The van der Waals surface area contributed by atoms with Crippen molar-refractivity contribution >= 4 is 17.1 Å². The highest BCUT2D eigenvalue weighted by Crippen LogP contribution is 2.15. The first-order valence-corrected chi connectivity index (χ1v) is 6.36. The molecule has 1 N–H and O–H groups in total. The van der Waals surface area contributed by atoms with Gasteiger partial charge in [-0.1, -0.05) is 18.2 Å². The third-order valence-corrected chi connectivity index (χ3v) is 3.46. The highest BCUT2D eigenvalue weighted by Gasteiger charge is 2.11. The van der Waals surface area contributed by atoms with Crippen molar-refractivity contribution < 1.29 is 0 Å². The molecule has 0 saturated carbocycles. The lowest BCUT2D eigenvalue weighted by Gasteiger charge is -2.30. The quantitative estimate of drug-likeness (QED) is 0.814. The number of nitrogens with one attached hydrogen (secondary N) is 1. The Hall–Kier alpha value is -1.81. The molecule has 4 nitrogen and oxygen atoms in total. The summed E-state index contributed by atoms with van der Waals surface area (Å²) in [7, 11) is 2.15. The lowest BCUT2D eigenvalue weighted by molar-refractivity contribution is 0.159. The van der Waals surface area contributed by atoms with E-state index >= 15 is 0 Å². The van der Waals surface area contributed by atoms with Crippen LogP contribution in [-0.4, -0.2) is 54.3 Å². The van der Waals surface area contributed by atoms with Gasteiger partial charge in [-0.25, -0.2) is 0 Å². The molecule has 1 saturated heterocycles. The van der Waals surface area contributed by atoms with Crippen LogP contribution in [0.1, 0.15) is 5.56 Å². The van der Waals surface area contributed by atoms with Gasteiger partial charge in [-0.2, -0.15) is 5.10 Å². The van der Waals surface area contributed by atoms with E-state index in [9.17, 15) is 0 Å². The molecule has 3 rings (SSSR count). The number of benzene rings is 1. The van der Waals surface area contributed by atoms with Gasteiger partial charge >= 0.3 is 0 Å². The molecule has 1 aliphatic heterocycles. The molecule has 0 unspecified atom stereocenters. The average molecular weight is 242 g/mol. The van der Waals surface area contributed by atoms with Crippen LogP contribution < -0.4 is 0 Å². The normalized spacial score (nSPS) is 17.9. The summed E-state index contributed by atoms with van der Waals surface area (Å²) in [5.74, 6) is 0. The molecule has 1 fully saturated rings. The van der Waals surface area contributed by atoms with E-state index in [1.54, 1.807) is 0 Å². The van der Waals surface area contributed by atoms with E-state index in [0.29, 0.717) is 0 Å². The van der Waals surface area contributed by atoms with Crippen LogP contribution >= 0.6 is 0 Å². The third-order valence-electron chi connectivity index (χ3n) is 3.46. The number of aromatic nitrogens is 1. The van der Waals surface area contributed by atoms with Crippen LogP contribution in [0.25, 0.3) is 10.9 Å². The number of hydrazone groups is 1. The largest absolute Gasteiger partial charge is 0.361 e. The highest BCUT2D eigenvalue weighted by molar-refractivity contribution is 5.98. The summed E-state index contributed by atoms with van der Waals surface area (Å²) in [4.78, 5) is 5.60. The third kappa shape index (κ3) is 2.24. The van der Waals surface area contributed by atoms with Crippen molar-refractivity contribution in [3.63, 3.8) is 0 Å². The van der Waals surface area contributed by atoms with Crippen molar-refractivity contribution in [3.05, 3.63) is 36.0 Å². The van der Waals surface area contributed by atoms with Crippen molar-refractivity contribution in [1.29, 1.82) is 0 Å². The van der Waals surface area contributed by atoms with E-state index < -0.39 is 0 Å². The van der Waals surface area contributed by atoms with Gasteiger partial charge in [0.2, 0.25) is 0 Å². The Bertz CT molecular complexity index is 550. The number of hydrogen-bond donors (Lipinski definition) is 1. The fraction of sp³-hybridized carbons (Fsp3) is 0.357. The fourth-order valence-electron chi connectivity index (χ4n) is 2.26. The highest BCUT2D eigenvalue weighted by atomic mass is 15.5.